The first-order valence-corrected chi connectivity index (χ1v) is 14.0. The van der Waals surface area contributed by atoms with Gasteiger partial charge in [0.1, 0.15) is 5.75 Å². The number of ether oxygens (including phenoxy) is 1. The third kappa shape index (κ3) is 5.17. The summed E-state index contributed by atoms with van der Waals surface area (Å²) in [6.45, 7) is 0.346. The standard InChI is InChI=1S/C36H28N2O5/c1-43-31-17-6-5-16-30(31)37(34(40)27-20-18-26(19-21-27)33(39)25-10-3-2-4-11-25)22-9-23-38-35(41)28-14-7-12-24-13-8-15-29(32(24)28)36(38)42/h2-8,10-21H,9,22-23H2,1H3. The van der Waals surface area contributed by atoms with E-state index in [9.17, 15) is 19.2 Å². The molecular formula is C36H28N2O5. The number of ketones is 1. The zero-order valence-electron chi connectivity index (χ0n) is 23.5. The lowest BCUT2D eigenvalue weighted by molar-refractivity contribution is 0.0609. The molecule has 0 aromatic heterocycles. The van der Waals surface area contributed by atoms with Gasteiger partial charge in [-0.25, -0.2) is 0 Å². The summed E-state index contributed by atoms with van der Waals surface area (Å²) in [6.07, 6.45) is 0.337. The van der Waals surface area contributed by atoms with E-state index in [1.165, 1.54) is 12.0 Å². The van der Waals surface area contributed by atoms with Gasteiger partial charge >= 0.3 is 0 Å². The number of benzene rings is 5. The number of imide groups is 1. The number of hydrogen-bond donors (Lipinski definition) is 0. The number of anilines is 1. The van der Waals surface area contributed by atoms with E-state index in [0.29, 0.717) is 51.1 Å². The topological polar surface area (TPSA) is 84.0 Å². The van der Waals surface area contributed by atoms with Crippen molar-refractivity contribution in [1.82, 2.24) is 4.90 Å². The van der Waals surface area contributed by atoms with Crippen LogP contribution in [0.1, 0.15) is 53.4 Å². The second-order valence-electron chi connectivity index (χ2n) is 10.2. The zero-order valence-corrected chi connectivity index (χ0v) is 23.5. The van der Waals surface area contributed by atoms with Crippen LogP contribution in [-0.4, -0.2) is 48.6 Å². The van der Waals surface area contributed by atoms with Crippen LogP contribution in [0.25, 0.3) is 10.8 Å². The van der Waals surface area contributed by atoms with E-state index >= 15 is 0 Å². The van der Waals surface area contributed by atoms with Crippen molar-refractivity contribution < 1.29 is 23.9 Å². The second-order valence-corrected chi connectivity index (χ2v) is 10.2. The maximum atomic E-state index is 13.9. The van der Waals surface area contributed by atoms with E-state index in [4.69, 9.17) is 4.74 Å². The highest BCUT2D eigenvalue weighted by molar-refractivity contribution is 6.25. The molecule has 5 aromatic rings. The van der Waals surface area contributed by atoms with Crippen LogP contribution in [0.15, 0.2) is 115 Å². The Balaban J connectivity index is 1.24. The molecule has 0 fully saturated rings. The molecule has 0 radical (unpaired) electrons. The first-order valence-electron chi connectivity index (χ1n) is 14.0. The summed E-state index contributed by atoms with van der Waals surface area (Å²) < 4.78 is 5.56. The summed E-state index contributed by atoms with van der Waals surface area (Å²) in [6, 6.07) is 33.6. The predicted octanol–water partition coefficient (Wildman–Crippen LogP) is 6.41. The van der Waals surface area contributed by atoms with Gasteiger partial charge in [-0.3, -0.25) is 24.1 Å². The van der Waals surface area contributed by atoms with Crippen LogP contribution in [0.2, 0.25) is 0 Å². The molecule has 0 bridgehead atoms. The summed E-state index contributed by atoms with van der Waals surface area (Å²) in [5, 5.41) is 1.53. The molecule has 0 spiro atoms. The van der Waals surface area contributed by atoms with Gasteiger partial charge in [-0.05, 0) is 48.2 Å². The summed E-state index contributed by atoms with van der Waals surface area (Å²) in [7, 11) is 1.54. The normalized spacial score (nSPS) is 12.3. The van der Waals surface area contributed by atoms with E-state index in [-0.39, 0.29) is 36.6 Å². The van der Waals surface area contributed by atoms with Crippen molar-refractivity contribution in [1.29, 1.82) is 0 Å². The van der Waals surface area contributed by atoms with Crippen LogP contribution in [0, 0.1) is 0 Å². The van der Waals surface area contributed by atoms with Gasteiger partial charge in [0, 0.05) is 46.3 Å². The Kier molecular flexibility index (Phi) is 7.54. The molecule has 1 aliphatic heterocycles. The Morgan fingerprint density at radius 1 is 0.674 bits per heavy atom. The van der Waals surface area contributed by atoms with Gasteiger partial charge in [0.2, 0.25) is 0 Å². The molecule has 5 aromatic carbocycles. The SMILES string of the molecule is COc1ccccc1N(CCCN1C(=O)c2cccc3cccc(c23)C1=O)C(=O)c1ccc(C(=O)c2ccccc2)cc1. The minimum Gasteiger partial charge on any atom is -0.495 e. The molecule has 0 saturated carbocycles. The van der Waals surface area contributed by atoms with Crippen LogP contribution >= 0.6 is 0 Å². The molecule has 7 nitrogen and oxygen atoms in total. The number of carbonyl (C=O) groups is 4. The minimum atomic E-state index is -0.344. The smallest absolute Gasteiger partial charge is 0.261 e. The van der Waals surface area contributed by atoms with Crippen LogP contribution in [0.4, 0.5) is 5.69 Å². The third-order valence-corrected chi connectivity index (χ3v) is 7.67. The van der Waals surface area contributed by atoms with E-state index in [2.05, 4.69) is 0 Å². The Bertz CT molecular complexity index is 1810. The highest BCUT2D eigenvalue weighted by Crippen LogP contribution is 2.32. The van der Waals surface area contributed by atoms with E-state index in [1.54, 1.807) is 77.7 Å². The first-order chi connectivity index (χ1) is 21.0. The van der Waals surface area contributed by atoms with E-state index in [1.807, 2.05) is 42.5 Å². The van der Waals surface area contributed by atoms with Crippen molar-refractivity contribution in [2.45, 2.75) is 6.42 Å². The lowest BCUT2D eigenvalue weighted by Crippen LogP contribution is -2.42. The van der Waals surface area contributed by atoms with Crippen molar-refractivity contribution in [3.05, 3.63) is 143 Å². The molecule has 0 aliphatic carbocycles. The van der Waals surface area contributed by atoms with Crippen LogP contribution in [0.5, 0.6) is 5.75 Å². The lowest BCUT2D eigenvalue weighted by atomic mass is 9.94. The van der Waals surface area contributed by atoms with Gasteiger partial charge in [-0.2, -0.15) is 0 Å². The number of para-hydroxylation sites is 2. The zero-order chi connectivity index (χ0) is 29.9. The van der Waals surface area contributed by atoms with Gasteiger partial charge in [0.05, 0.1) is 12.8 Å². The molecule has 0 saturated heterocycles. The molecule has 7 heteroatoms. The monoisotopic (exact) mass is 568 g/mol. The number of carbonyl (C=O) groups excluding carboxylic acids is 4. The van der Waals surface area contributed by atoms with Gasteiger partial charge in [0.15, 0.2) is 5.78 Å². The fourth-order valence-electron chi connectivity index (χ4n) is 5.53. The van der Waals surface area contributed by atoms with Gasteiger partial charge < -0.3 is 9.64 Å². The summed E-state index contributed by atoms with van der Waals surface area (Å²) in [4.78, 5) is 56.4. The summed E-state index contributed by atoms with van der Waals surface area (Å²) in [5.74, 6) is -0.604. The Hall–Kier alpha value is -5.56. The molecule has 1 heterocycles. The molecule has 0 atom stereocenters. The number of methoxy groups -OCH3 is 1. The van der Waals surface area contributed by atoms with Crippen molar-refractivity contribution in [2.24, 2.45) is 0 Å². The number of nitrogens with zero attached hydrogens (tertiary/aromatic N) is 2. The average Bonchev–Trinajstić information content (AvgIpc) is 3.06. The average molecular weight is 569 g/mol. The van der Waals surface area contributed by atoms with Crippen molar-refractivity contribution in [2.75, 3.05) is 25.1 Å². The maximum absolute atomic E-state index is 13.9. The number of hydrogen-bond acceptors (Lipinski definition) is 5. The van der Waals surface area contributed by atoms with Crippen LogP contribution in [0.3, 0.4) is 0 Å². The Morgan fingerprint density at radius 2 is 1.26 bits per heavy atom. The third-order valence-electron chi connectivity index (χ3n) is 7.67. The largest absolute Gasteiger partial charge is 0.495 e. The fraction of sp³-hybridized carbons (Fsp3) is 0.111. The fourth-order valence-corrected chi connectivity index (χ4v) is 5.53. The molecule has 6 rings (SSSR count). The molecular weight excluding hydrogens is 540 g/mol. The number of amides is 3. The van der Waals surface area contributed by atoms with Crippen molar-refractivity contribution >= 4 is 40.0 Å². The van der Waals surface area contributed by atoms with Gasteiger partial charge in [0.25, 0.3) is 17.7 Å². The van der Waals surface area contributed by atoms with Crippen molar-refractivity contribution in [3.8, 4) is 5.75 Å². The molecule has 3 amide bonds. The minimum absolute atomic E-state index is 0.130. The van der Waals surface area contributed by atoms with Gasteiger partial charge in [-0.15, -0.1) is 0 Å². The highest BCUT2D eigenvalue weighted by atomic mass is 16.5. The van der Waals surface area contributed by atoms with Crippen molar-refractivity contribution in [3.63, 3.8) is 0 Å². The van der Waals surface area contributed by atoms with E-state index in [0.717, 1.165) is 5.39 Å². The molecule has 212 valence electrons. The first kappa shape index (κ1) is 27.6. The van der Waals surface area contributed by atoms with Gasteiger partial charge in [-0.1, -0.05) is 78.9 Å². The second kappa shape index (κ2) is 11.7. The maximum Gasteiger partial charge on any atom is 0.261 e. The molecule has 0 unspecified atom stereocenters. The molecule has 0 N–H and O–H groups in total. The van der Waals surface area contributed by atoms with Crippen LogP contribution in [-0.2, 0) is 0 Å². The predicted molar refractivity (Wildman–Crippen MR) is 165 cm³/mol. The molecule has 43 heavy (non-hydrogen) atoms. The Labute approximate surface area is 248 Å². The molecule has 1 aliphatic rings. The van der Waals surface area contributed by atoms with E-state index < -0.39 is 0 Å². The number of rotatable bonds is 9. The summed E-state index contributed by atoms with van der Waals surface area (Å²) >= 11 is 0. The highest BCUT2D eigenvalue weighted by Gasteiger charge is 2.32. The Morgan fingerprint density at radius 3 is 1.91 bits per heavy atom. The quantitative estimate of drug-likeness (QED) is 0.152. The summed E-state index contributed by atoms with van der Waals surface area (Å²) in [5.41, 5.74) is 2.99. The lowest BCUT2D eigenvalue weighted by Gasteiger charge is -2.29. The van der Waals surface area contributed by atoms with Crippen LogP contribution < -0.4 is 9.64 Å².